The standard InChI is InChI=1S/C28H34OSSi2/c1-23(29)28(32(4,5)26-19-13-8-14-20-26)27(30-24-15-9-6-10-16-24)21-22-31(2,3)25-17-11-7-12-18-25/h6-20,23,27-29H,1-5H3. The summed E-state index contributed by atoms with van der Waals surface area (Å²) in [6.45, 7) is 11.3. The molecule has 0 spiro atoms. The SMILES string of the molecule is CC(O)C(C(C#C[Si](C)(C)c1ccccc1)Sc1ccccc1)[Si](C)(C)c1ccccc1. The van der Waals surface area contributed by atoms with E-state index in [2.05, 4.69) is 123 Å². The van der Waals surface area contributed by atoms with E-state index >= 15 is 0 Å². The van der Waals surface area contributed by atoms with Crippen LogP contribution >= 0.6 is 11.8 Å². The maximum Gasteiger partial charge on any atom is 0.162 e. The van der Waals surface area contributed by atoms with Crippen LogP contribution in [-0.4, -0.2) is 32.6 Å². The Hall–Kier alpha value is -2.04. The number of hydrogen-bond donors (Lipinski definition) is 1. The zero-order chi connectivity index (χ0) is 23.2. The summed E-state index contributed by atoms with van der Waals surface area (Å²) in [5.74, 6) is 3.71. The zero-order valence-corrected chi connectivity index (χ0v) is 22.6. The summed E-state index contributed by atoms with van der Waals surface area (Å²) in [5, 5.41) is 13.8. The fourth-order valence-electron chi connectivity index (χ4n) is 4.31. The first-order valence-corrected chi connectivity index (χ1v) is 18.2. The molecule has 0 bridgehead atoms. The van der Waals surface area contributed by atoms with Gasteiger partial charge in [0.05, 0.1) is 19.4 Å². The van der Waals surface area contributed by atoms with Crippen molar-refractivity contribution >= 4 is 38.3 Å². The zero-order valence-electron chi connectivity index (χ0n) is 19.7. The van der Waals surface area contributed by atoms with Crippen LogP contribution in [0.4, 0.5) is 0 Å². The van der Waals surface area contributed by atoms with Crippen LogP contribution in [0.15, 0.2) is 95.9 Å². The predicted octanol–water partition coefficient (Wildman–Crippen LogP) is 5.67. The predicted molar refractivity (Wildman–Crippen MR) is 146 cm³/mol. The minimum atomic E-state index is -2.02. The first-order chi connectivity index (χ1) is 15.2. The second-order valence-corrected chi connectivity index (χ2v) is 19.4. The van der Waals surface area contributed by atoms with Gasteiger partial charge in [-0.05, 0) is 24.2 Å². The number of hydrogen-bond acceptors (Lipinski definition) is 2. The average Bonchev–Trinajstić information content (AvgIpc) is 2.79. The van der Waals surface area contributed by atoms with Gasteiger partial charge in [0, 0.05) is 10.4 Å². The van der Waals surface area contributed by atoms with Gasteiger partial charge in [0.1, 0.15) is 0 Å². The molecule has 0 radical (unpaired) electrons. The second-order valence-electron chi connectivity index (χ2n) is 9.47. The molecule has 0 saturated heterocycles. The van der Waals surface area contributed by atoms with Crippen LogP contribution in [-0.2, 0) is 0 Å². The molecule has 3 unspecified atom stereocenters. The third kappa shape index (κ3) is 6.05. The van der Waals surface area contributed by atoms with Crippen LogP contribution in [0.2, 0.25) is 31.7 Å². The van der Waals surface area contributed by atoms with E-state index in [1.165, 1.54) is 15.3 Å². The second kappa shape index (κ2) is 10.7. The van der Waals surface area contributed by atoms with E-state index in [9.17, 15) is 5.11 Å². The van der Waals surface area contributed by atoms with Gasteiger partial charge in [-0.1, -0.05) is 116 Å². The van der Waals surface area contributed by atoms with E-state index in [0.717, 1.165) is 0 Å². The quantitative estimate of drug-likeness (QED) is 0.270. The average molecular weight is 475 g/mol. The monoisotopic (exact) mass is 474 g/mol. The van der Waals surface area contributed by atoms with Gasteiger partial charge in [0.15, 0.2) is 8.07 Å². The van der Waals surface area contributed by atoms with Gasteiger partial charge in [-0.2, -0.15) is 0 Å². The van der Waals surface area contributed by atoms with Crippen LogP contribution in [0.25, 0.3) is 0 Å². The summed E-state index contributed by atoms with van der Waals surface area (Å²) >= 11 is 1.81. The minimum absolute atomic E-state index is 0.0229. The van der Waals surface area contributed by atoms with Crippen molar-refractivity contribution in [2.75, 3.05) is 0 Å². The molecule has 3 aromatic carbocycles. The molecule has 0 saturated carbocycles. The fourth-order valence-corrected chi connectivity index (χ4v) is 11.9. The van der Waals surface area contributed by atoms with Gasteiger partial charge in [-0.15, -0.1) is 17.3 Å². The summed E-state index contributed by atoms with van der Waals surface area (Å²) in [6.07, 6.45) is -0.436. The highest BCUT2D eigenvalue weighted by atomic mass is 32.2. The van der Waals surface area contributed by atoms with Gasteiger partial charge >= 0.3 is 0 Å². The van der Waals surface area contributed by atoms with Crippen molar-refractivity contribution in [1.29, 1.82) is 0 Å². The van der Waals surface area contributed by atoms with Crippen molar-refractivity contribution in [1.82, 2.24) is 0 Å². The molecule has 3 rings (SSSR count). The Morgan fingerprint density at radius 1 is 0.719 bits per heavy atom. The first kappa shape index (κ1) is 24.6. The number of aliphatic hydroxyl groups excluding tert-OH is 1. The largest absolute Gasteiger partial charge is 0.393 e. The molecule has 3 atom stereocenters. The van der Waals surface area contributed by atoms with Crippen LogP contribution in [0, 0.1) is 11.5 Å². The van der Waals surface area contributed by atoms with E-state index in [1.54, 1.807) is 11.8 Å². The van der Waals surface area contributed by atoms with Crippen molar-refractivity contribution in [3.63, 3.8) is 0 Å². The fraction of sp³-hybridized carbons (Fsp3) is 0.286. The van der Waals surface area contributed by atoms with Gasteiger partial charge in [0.25, 0.3) is 0 Å². The highest BCUT2D eigenvalue weighted by Gasteiger charge is 2.42. The lowest BCUT2D eigenvalue weighted by molar-refractivity contribution is 0.185. The summed E-state index contributed by atoms with van der Waals surface area (Å²) in [4.78, 5) is 1.20. The summed E-state index contributed by atoms with van der Waals surface area (Å²) in [6, 6.07) is 31.9. The highest BCUT2D eigenvalue weighted by Crippen LogP contribution is 2.39. The number of benzene rings is 3. The third-order valence-corrected chi connectivity index (χ3v) is 14.5. The van der Waals surface area contributed by atoms with Crippen LogP contribution in [0.1, 0.15) is 6.92 Å². The molecular formula is C28H34OSSi2. The van der Waals surface area contributed by atoms with Crippen molar-refractivity contribution in [3.8, 4) is 11.5 Å². The van der Waals surface area contributed by atoms with Crippen molar-refractivity contribution < 1.29 is 5.11 Å². The lowest BCUT2D eigenvalue weighted by Gasteiger charge is -2.38. The Kier molecular flexibility index (Phi) is 8.24. The molecule has 0 aliphatic carbocycles. The third-order valence-electron chi connectivity index (χ3n) is 6.23. The van der Waals surface area contributed by atoms with Gasteiger partial charge < -0.3 is 5.11 Å². The molecule has 0 fully saturated rings. The van der Waals surface area contributed by atoms with Gasteiger partial charge in [0.2, 0.25) is 0 Å². The normalized spacial score (nSPS) is 14.7. The lowest BCUT2D eigenvalue weighted by atomic mass is 10.2. The van der Waals surface area contributed by atoms with E-state index in [1.807, 2.05) is 13.0 Å². The number of aliphatic hydroxyl groups is 1. The van der Waals surface area contributed by atoms with Crippen LogP contribution < -0.4 is 10.4 Å². The minimum Gasteiger partial charge on any atom is -0.393 e. The molecule has 0 aliphatic rings. The maximum atomic E-state index is 11.1. The molecule has 32 heavy (non-hydrogen) atoms. The molecule has 0 heterocycles. The number of rotatable bonds is 7. The van der Waals surface area contributed by atoms with E-state index in [-0.39, 0.29) is 10.8 Å². The van der Waals surface area contributed by atoms with Crippen LogP contribution in [0.3, 0.4) is 0 Å². The molecule has 1 N–H and O–H groups in total. The van der Waals surface area contributed by atoms with E-state index in [4.69, 9.17) is 0 Å². The van der Waals surface area contributed by atoms with Crippen molar-refractivity contribution in [3.05, 3.63) is 91.0 Å². The molecular weight excluding hydrogens is 441 g/mol. The van der Waals surface area contributed by atoms with E-state index in [0.29, 0.717) is 0 Å². The Morgan fingerprint density at radius 2 is 1.19 bits per heavy atom. The molecule has 0 aromatic heterocycles. The Labute approximate surface area is 200 Å². The smallest absolute Gasteiger partial charge is 0.162 e. The van der Waals surface area contributed by atoms with E-state index < -0.39 is 22.3 Å². The Morgan fingerprint density at radius 3 is 1.69 bits per heavy atom. The molecule has 166 valence electrons. The molecule has 1 nitrogen and oxygen atoms in total. The molecule has 3 aromatic rings. The number of thioether (sulfide) groups is 1. The summed E-state index contributed by atoms with van der Waals surface area (Å²) in [5.41, 5.74) is 3.83. The van der Waals surface area contributed by atoms with Crippen molar-refractivity contribution in [2.45, 2.75) is 54.9 Å². The highest BCUT2D eigenvalue weighted by molar-refractivity contribution is 8.00. The molecule has 4 heteroatoms. The van der Waals surface area contributed by atoms with Gasteiger partial charge in [-0.3, -0.25) is 0 Å². The Balaban J connectivity index is 2.05. The molecule has 0 amide bonds. The summed E-state index contributed by atoms with van der Waals surface area (Å²) in [7, 11) is -3.94. The van der Waals surface area contributed by atoms with Crippen molar-refractivity contribution in [2.24, 2.45) is 0 Å². The Bertz CT molecular complexity index is 1040. The first-order valence-electron chi connectivity index (χ1n) is 11.3. The maximum absolute atomic E-state index is 11.1. The molecule has 0 aliphatic heterocycles. The topological polar surface area (TPSA) is 20.2 Å². The lowest BCUT2D eigenvalue weighted by Crippen LogP contribution is -2.52. The van der Waals surface area contributed by atoms with Crippen LogP contribution in [0.5, 0.6) is 0 Å². The van der Waals surface area contributed by atoms with Gasteiger partial charge in [-0.25, -0.2) is 0 Å². The summed E-state index contributed by atoms with van der Waals surface area (Å²) < 4.78 is 0.